The van der Waals surface area contributed by atoms with Crippen molar-refractivity contribution in [2.75, 3.05) is 11.9 Å². The lowest BCUT2D eigenvalue weighted by Gasteiger charge is -2.01. The Labute approximate surface area is 67.4 Å². The maximum Gasteiger partial charge on any atom is 0.0376 e. The molecule has 0 bridgehead atoms. The van der Waals surface area contributed by atoms with Crippen LogP contribution in [0.3, 0.4) is 0 Å². The van der Waals surface area contributed by atoms with Crippen LogP contribution in [0, 0.1) is 0 Å². The first-order valence-corrected chi connectivity index (χ1v) is 4.26. The van der Waals surface area contributed by atoms with Gasteiger partial charge >= 0.3 is 0 Å². The van der Waals surface area contributed by atoms with Crippen molar-refractivity contribution in [3.05, 3.63) is 29.3 Å². The van der Waals surface area contributed by atoms with Crippen LogP contribution < -0.4 is 5.32 Å². The van der Waals surface area contributed by atoms with Gasteiger partial charge in [-0.25, -0.2) is 0 Å². The van der Waals surface area contributed by atoms with Gasteiger partial charge in [-0.3, -0.25) is 0 Å². The van der Waals surface area contributed by atoms with Crippen molar-refractivity contribution in [1.29, 1.82) is 0 Å². The molecule has 1 aliphatic rings. The highest BCUT2D eigenvalue weighted by molar-refractivity contribution is 5.56. The summed E-state index contributed by atoms with van der Waals surface area (Å²) in [4.78, 5) is 0. The Bertz CT molecular complexity index is 266. The smallest absolute Gasteiger partial charge is 0.0376 e. The first-order chi connectivity index (χ1) is 5.40. The summed E-state index contributed by atoms with van der Waals surface area (Å²) < 4.78 is 0. The molecule has 1 aromatic rings. The van der Waals surface area contributed by atoms with Crippen molar-refractivity contribution >= 4 is 5.69 Å². The maximum atomic E-state index is 3.37. The number of benzene rings is 1. The van der Waals surface area contributed by atoms with Crippen LogP contribution in [-0.2, 0) is 12.8 Å². The molecule has 0 saturated carbocycles. The largest absolute Gasteiger partial charge is 0.384 e. The molecule has 0 fully saturated rings. The highest BCUT2D eigenvalue weighted by Crippen LogP contribution is 2.23. The fourth-order valence-corrected chi connectivity index (χ4v) is 1.56. The number of hydrogen-bond acceptors (Lipinski definition) is 1. The van der Waals surface area contributed by atoms with Gasteiger partial charge in [0.2, 0.25) is 0 Å². The van der Waals surface area contributed by atoms with Gasteiger partial charge in [-0.2, -0.15) is 0 Å². The topological polar surface area (TPSA) is 12.0 Å². The fraction of sp³-hybridized carbons (Fsp3) is 0.400. The predicted molar refractivity (Wildman–Crippen MR) is 48.0 cm³/mol. The number of rotatable bonds is 1. The lowest BCUT2D eigenvalue weighted by atomic mass is 10.1. The van der Waals surface area contributed by atoms with E-state index < -0.39 is 0 Å². The standard InChI is InChI=1S/C10H13N/c1-2-8-3-4-9-5-6-11-10(9)7-8/h3-4,7,11H,2,5-6H2,1H3. The molecule has 0 amide bonds. The molecule has 1 aliphatic heterocycles. The molecule has 58 valence electrons. The van der Waals surface area contributed by atoms with Crippen LogP contribution in [0.15, 0.2) is 18.2 Å². The molecule has 0 atom stereocenters. The zero-order chi connectivity index (χ0) is 7.68. The monoisotopic (exact) mass is 147 g/mol. The zero-order valence-electron chi connectivity index (χ0n) is 6.85. The van der Waals surface area contributed by atoms with Gasteiger partial charge < -0.3 is 5.32 Å². The summed E-state index contributed by atoms with van der Waals surface area (Å²) in [5.74, 6) is 0. The minimum Gasteiger partial charge on any atom is -0.384 e. The van der Waals surface area contributed by atoms with Gasteiger partial charge in [0.25, 0.3) is 0 Å². The molecule has 0 unspecified atom stereocenters. The quantitative estimate of drug-likeness (QED) is 0.642. The van der Waals surface area contributed by atoms with E-state index in [1.165, 1.54) is 23.2 Å². The predicted octanol–water partition coefficient (Wildman–Crippen LogP) is 2.22. The van der Waals surface area contributed by atoms with E-state index in [-0.39, 0.29) is 0 Å². The molecule has 1 N–H and O–H groups in total. The number of hydrogen-bond donors (Lipinski definition) is 1. The Morgan fingerprint density at radius 2 is 2.36 bits per heavy atom. The Morgan fingerprint density at radius 3 is 3.18 bits per heavy atom. The highest BCUT2D eigenvalue weighted by atomic mass is 14.9. The van der Waals surface area contributed by atoms with E-state index >= 15 is 0 Å². The number of aryl methyl sites for hydroxylation is 1. The fourth-order valence-electron chi connectivity index (χ4n) is 1.56. The third-order valence-corrected chi connectivity index (χ3v) is 2.29. The van der Waals surface area contributed by atoms with Crippen molar-refractivity contribution in [2.45, 2.75) is 19.8 Å². The van der Waals surface area contributed by atoms with Crippen molar-refractivity contribution in [3.8, 4) is 0 Å². The van der Waals surface area contributed by atoms with Gasteiger partial charge in [-0.1, -0.05) is 19.1 Å². The minimum atomic E-state index is 1.11. The van der Waals surface area contributed by atoms with Gasteiger partial charge in [0.15, 0.2) is 0 Å². The molecular formula is C10H13N. The second kappa shape index (κ2) is 2.57. The highest BCUT2D eigenvalue weighted by Gasteiger charge is 2.08. The van der Waals surface area contributed by atoms with Gasteiger partial charge in [-0.05, 0) is 30.0 Å². The summed E-state index contributed by atoms with van der Waals surface area (Å²) in [6.07, 6.45) is 2.33. The molecule has 1 aromatic carbocycles. The Hall–Kier alpha value is -0.980. The van der Waals surface area contributed by atoms with E-state index in [2.05, 4.69) is 30.4 Å². The number of nitrogens with one attached hydrogen (secondary N) is 1. The Morgan fingerprint density at radius 1 is 1.45 bits per heavy atom. The van der Waals surface area contributed by atoms with Gasteiger partial charge in [0.1, 0.15) is 0 Å². The van der Waals surface area contributed by atoms with E-state index in [0.717, 1.165) is 13.0 Å². The molecule has 0 saturated heterocycles. The van der Waals surface area contributed by atoms with Crippen LogP contribution in [0.4, 0.5) is 5.69 Å². The van der Waals surface area contributed by atoms with E-state index in [4.69, 9.17) is 0 Å². The molecule has 0 radical (unpaired) electrons. The van der Waals surface area contributed by atoms with Gasteiger partial charge in [0.05, 0.1) is 0 Å². The molecule has 11 heavy (non-hydrogen) atoms. The number of fused-ring (bicyclic) bond motifs is 1. The van der Waals surface area contributed by atoms with Crippen LogP contribution in [-0.4, -0.2) is 6.54 Å². The number of anilines is 1. The van der Waals surface area contributed by atoms with Gasteiger partial charge in [-0.15, -0.1) is 0 Å². The van der Waals surface area contributed by atoms with Crippen LogP contribution >= 0.6 is 0 Å². The van der Waals surface area contributed by atoms with E-state index in [0.29, 0.717) is 0 Å². The lowest BCUT2D eigenvalue weighted by molar-refractivity contribution is 1.10. The van der Waals surface area contributed by atoms with Crippen LogP contribution in [0.2, 0.25) is 0 Å². The molecule has 0 spiro atoms. The average Bonchev–Trinajstić information content (AvgIpc) is 2.50. The molecular weight excluding hydrogens is 134 g/mol. The molecule has 1 nitrogen and oxygen atoms in total. The maximum absolute atomic E-state index is 3.37. The van der Waals surface area contributed by atoms with Crippen molar-refractivity contribution in [3.63, 3.8) is 0 Å². The van der Waals surface area contributed by atoms with Crippen LogP contribution in [0.1, 0.15) is 18.1 Å². The normalized spacial score (nSPS) is 14.3. The third kappa shape index (κ3) is 1.11. The molecule has 2 rings (SSSR count). The summed E-state index contributed by atoms with van der Waals surface area (Å²) in [7, 11) is 0. The molecule has 1 heterocycles. The second-order valence-corrected chi connectivity index (χ2v) is 3.02. The summed E-state index contributed by atoms with van der Waals surface area (Å²) >= 11 is 0. The third-order valence-electron chi connectivity index (χ3n) is 2.29. The van der Waals surface area contributed by atoms with Crippen LogP contribution in [0.25, 0.3) is 0 Å². The Balaban J connectivity index is 2.41. The summed E-state index contributed by atoms with van der Waals surface area (Å²) in [6, 6.07) is 6.74. The van der Waals surface area contributed by atoms with Crippen LogP contribution in [0.5, 0.6) is 0 Å². The van der Waals surface area contributed by atoms with E-state index in [1.807, 2.05) is 0 Å². The summed E-state index contributed by atoms with van der Waals surface area (Å²) in [5.41, 5.74) is 4.25. The molecule has 0 aromatic heterocycles. The zero-order valence-corrected chi connectivity index (χ0v) is 6.85. The summed E-state index contributed by atoms with van der Waals surface area (Å²) in [5, 5.41) is 3.37. The second-order valence-electron chi connectivity index (χ2n) is 3.02. The molecule has 0 aliphatic carbocycles. The Kier molecular flexibility index (Phi) is 1.57. The van der Waals surface area contributed by atoms with Gasteiger partial charge in [0, 0.05) is 12.2 Å². The lowest BCUT2D eigenvalue weighted by Crippen LogP contribution is -1.91. The minimum absolute atomic E-state index is 1.11. The average molecular weight is 147 g/mol. The van der Waals surface area contributed by atoms with Crippen molar-refractivity contribution in [2.24, 2.45) is 0 Å². The SMILES string of the molecule is CCc1ccc2c(c1)NCC2. The van der Waals surface area contributed by atoms with E-state index in [1.54, 1.807) is 0 Å². The van der Waals surface area contributed by atoms with Crippen molar-refractivity contribution in [1.82, 2.24) is 0 Å². The first-order valence-electron chi connectivity index (χ1n) is 4.26. The summed E-state index contributed by atoms with van der Waals surface area (Å²) in [6.45, 7) is 3.30. The first kappa shape index (κ1) is 6.71. The van der Waals surface area contributed by atoms with E-state index in [9.17, 15) is 0 Å². The molecule has 1 heteroatoms. The van der Waals surface area contributed by atoms with Crippen molar-refractivity contribution < 1.29 is 0 Å².